The highest BCUT2D eigenvalue weighted by molar-refractivity contribution is 5.97. The molecule has 0 unspecified atom stereocenters. The Morgan fingerprint density at radius 3 is 2.62 bits per heavy atom. The standard InChI is InChI=1S/C18H23N3O3/c1-10(2)18(22)19-17-15(11-5-6-11)20-21-16(17)13-8-7-12(23-3)9-14(13)24-4/h7-11H,5-6H2,1-4H3,(H,19,22)(H,20,21). The molecule has 3 rings (SSSR count). The van der Waals surface area contributed by atoms with E-state index in [1.54, 1.807) is 14.2 Å². The quantitative estimate of drug-likeness (QED) is 0.849. The number of carbonyl (C=O) groups is 1. The van der Waals surface area contributed by atoms with Gasteiger partial charge in [-0.05, 0) is 25.0 Å². The van der Waals surface area contributed by atoms with Gasteiger partial charge in [-0.2, -0.15) is 5.10 Å². The van der Waals surface area contributed by atoms with Crippen molar-refractivity contribution in [3.63, 3.8) is 0 Å². The van der Waals surface area contributed by atoms with Gasteiger partial charge in [0.05, 0.1) is 25.6 Å². The fraction of sp³-hybridized carbons (Fsp3) is 0.444. The first kappa shape index (κ1) is 16.4. The summed E-state index contributed by atoms with van der Waals surface area (Å²) < 4.78 is 10.7. The molecule has 2 aromatic rings. The average Bonchev–Trinajstić information content (AvgIpc) is 3.35. The Kier molecular flexibility index (Phi) is 4.46. The van der Waals surface area contributed by atoms with E-state index in [-0.39, 0.29) is 11.8 Å². The number of methoxy groups -OCH3 is 2. The molecule has 1 aromatic heterocycles. The summed E-state index contributed by atoms with van der Waals surface area (Å²) in [4.78, 5) is 12.2. The van der Waals surface area contributed by atoms with E-state index in [9.17, 15) is 4.79 Å². The number of hydrogen-bond acceptors (Lipinski definition) is 4. The highest BCUT2D eigenvalue weighted by atomic mass is 16.5. The third-order valence-electron chi connectivity index (χ3n) is 4.22. The molecule has 6 heteroatoms. The molecule has 1 heterocycles. The van der Waals surface area contributed by atoms with Crippen LogP contribution in [-0.2, 0) is 4.79 Å². The minimum absolute atomic E-state index is 0.0213. The smallest absolute Gasteiger partial charge is 0.227 e. The zero-order valence-electron chi connectivity index (χ0n) is 14.5. The van der Waals surface area contributed by atoms with Crippen LogP contribution in [0.3, 0.4) is 0 Å². The first-order valence-electron chi connectivity index (χ1n) is 8.16. The Morgan fingerprint density at radius 1 is 1.29 bits per heavy atom. The molecule has 1 fully saturated rings. The lowest BCUT2D eigenvalue weighted by Crippen LogP contribution is -2.18. The molecular formula is C18H23N3O3. The number of carbonyl (C=O) groups excluding carboxylic acids is 1. The number of rotatable bonds is 6. The number of nitrogens with one attached hydrogen (secondary N) is 2. The molecule has 0 bridgehead atoms. The highest BCUT2D eigenvalue weighted by Gasteiger charge is 2.31. The number of H-pyrrole nitrogens is 1. The number of hydrogen-bond donors (Lipinski definition) is 2. The molecule has 0 radical (unpaired) electrons. The molecule has 0 atom stereocenters. The zero-order valence-corrected chi connectivity index (χ0v) is 14.5. The Hall–Kier alpha value is -2.50. The fourth-order valence-corrected chi connectivity index (χ4v) is 2.61. The van der Waals surface area contributed by atoms with Crippen molar-refractivity contribution in [2.45, 2.75) is 32.6 Å². The maximum atomic E-state index is 12.2. The van der Waals surface area contributed by atoms with E-state index < -0.39 is 0 Å². The number of amides is 1. The summed E-state index contributed by atoms with van der Waals surface area (Å²) in [6.45, 7) is 3.75. The van der Waals surface area contributed by atoms with Crippen LogP contribution in [0.25, 0.3) is 11.3 Å². The summed E-state index contributed by atoms with van der Waals surface area (Å²) in [5, 5.41) is 10.6. The van der Waals surface area contributed by atoms with Crippen molar-refractivity contribution in [3.8, 4) is 22.8 Å². The van der Waals surface area contributed by atoms with Crippen LogP contribution >= 0.6 is 0 Å². The first-order chi connectivity index (χ1) is 11.5. The van der Waals surface area contributed by atoms with E-state index in [2.05, 4.69) is 15.5 Å². The summed E-state index contributed by atoms with van der Waals surface area (Å²) in [7, 11) is 3.22. The summed E-state index contributed by atoms with van der Waals surface area (Å²) in [6, 6.07) is 5.57. The molecule has 1 amide bonds. The average molecular weight is 329 g/mol. The van der Waals surface area contributed by atoms with Crippen molar-refractivity contribution in [2.75, 3.05) is 19.5 Å². The normalized spacial score (nSPS) is 13.9. The molecule has 0 saturated heterocycles. The lowest BCUT2D eigenvalue weighted by atomic mass is 10.1. The molecule has 1 aliphatic carbocycles. The van der Waals surface area contributed by atoms with Gasteiger partial charge >= 0.3 is 0 Å². The maximum Gasteiger partial charge on any atom is 0.227 e. The van der Waals surface area contributed by atoms with Crippen LogP contribution in [0.5, 0.6) is 11.5 Å². The highest BCUT2D eigenvalue weighted by Crippen LogP contribution is 2.46. The van der Waals surface area contributed by atoms with Gasteiger partial charge in [0.2, 0.25) is 5.91 Å². The van der Waals surface area contributed by atoms with Crippen molar-refractivity contribution in [3.05, 3.63) is 23.9 Å². The number of ether oxygens (including phenoxy) is 2. The summed E-state index contributed by atoms with van der Waals surface area (Å²) in [6.07, 6.45) is 2.23. The van der Waals surface area contributed by atoms with Gasteiger partial charge in [-0.25, -0.2) is 0 Å². The van der Waals surface area contributed by atoms with E-state index in [1.807, 2.05) is 32.0 Å². The van der Waals surface area contributed by atoms with Gasteiger partial charge in [0.15, 0.2) is 0 Å². The Morgan fingerprint density at radius 2 is 2.04 bits per heavy atom. The Bertz CT molecular complexity index is 748. The van der Waals surface area contributed by atoms with Gasteiger partial charge < -0.3 is 14.8 Å². The number of nitrogens with zero attached hydrogens (tertiary/aromatic N) is 1. The second-order valence-electron chi connectivity index (χ2n) is 6.35. The zero-order chi connectivity index (χ0) is 17.3. The van der Waals surface area contributed by atoms with Crippen molar-refractivity contribution in [1.82, 2.24) is 10.2 Å². The minimum atomic E-state index is -0.0995. The molecule has 1 aromatic carbocycles. The van der Waals surface area contributed by atoms with Crippen LogP contribution in [0.4, 0.5) is 5.69 Å². The van der Waals surface area contributed by atoms with Crippen molar-refractivity contribution in [1.29, 1.82) is 0 Å². The predicted octanol–water partition coefficient (Wildman–Crippen LogP) is 3.57. The molecule has 2 N–H and O–H groups in total. The lowest BCUT2D eigenvalue weighted by molar-refractivity contribution is -0.118. The number of aromatic nitrogens is 2. The SMILES string of the molecule is COc1ccc(-c2n[nH]c(C3CC3)c2NC(=O)C(C)C)c(OC)c1. The second kappa shape index (κ2) is 6.55. The molecule has 128 valence electrons. The molecule has 1 saturated carbocycles. The van der Waals surface area contributed by atoms with Gasteiger partial charge in [0.1, 0.15) is 17.2 Å². The van der Waals surface area contributed by atoms with E-state index >= 15 is 0 Å². The van der Waals surface area contributed by atoms with Crippen LogP contribution in [0, 0.1) is 5.92 Å². The number of benzene rings is 1. The molecule has 0 aliphatic heterocycles. The fourth-order valence-electron chi connectivity index (χ4n) is 2.61. The third kappa shape index (κ3) is 3.09. The van der Waals surface area contributed by atoms with Crippen LogP contribution in [-0.4, -0.2) is 30.3 Å². The Labute approximate surface area is 141 Å². The van der Waals surface area contributed by atoms with Crippen molar-refractivity contribution >= 4 is 11.6 Å². The van der Waals surface area contributed by atoms with E-state index in [4.69, 9.17) is 9.47 Å². The van der Waals surface area contributed by atoms with Crippen LogP contribution in [0.1, 0.15) is 38.3 Å². The summed E-state index contributed by atoms with van der Waals surface area (Å²) >= 11 is 0. The van der Waals surface area contributed by atoms with Crippen molar-refractivity contribution in [2.24, 2.45) is 5.92 Å². The summed E-state index contributed by atoms with van der Waals surface area (Å²) in [5.41, 5.74) is 3.28. The lowest BCUT2D eigenvalue weighted by Gasteiger charge is -2.13. The molecule has 1 aliphatic rings. The number of aromatic amines is 1. The van der Waals surface area contributed by atoms with Crippen molar-refractivity contribution < 1.29 is 14.3 Å². The van der Waals surface area contributed by atoms with E-state index in [1.165, 1.54) is 0 Å². The third-order valence-corrected chi connectivity index (χ3v) is 4.22. The second-order valence-corrected chi connectivity index (χ2v) is 6.35. The van der Waals surface area contributed by atoms with Gasteiger partial charge in [0, 0.05) is 23.5 Å². The summed E-state index contributed by atoms with van der Waals surface area (Å²) in [5.74, 6) is 1.69. The predicted molar refractivity (Wildman–Crippen MR) is 92.6 cm³/mol. The van der Waals surface area contributed by atoms with E-state index in [0.29, 0.717) is 23.1 Å². The van der Waals surface area contributed by atoms with E-state index in [0.717, 1.165) is 29.8 Å². The minimum Gasteiger partial charge on any atom is -0.497 e. The van der Waals surface area contributed by atoms with Crippen LogP contribution in [0.15, 0.2) is 18.2 Å². The van der Waals surface area contributed by atoms with Gasteiger partial charge in [-0.3, -0.25) is 9.89 Å². The van der Waals surface area contributed by atoms with Crippen LogP contribution in [0.2, 0.25) is 0 Å². The van der Waals surface area contributed by atoms with Crippen LogP contribution < -0.4 is 14.8 Å². The molecule has 0 spiro atoms. The maximum absolute atomic E-state index is 12.2. The van der Waals surface area contributed by atoms with Gasteiger partial charge in [-0.15, -0.1) is 0 Å². The monoisotopic (exact) mass is 329 g/mol. The molecule has 24 heavy (non-hydrogen) atoms. The molecular weight excluding hydrogens is 306 g/mol. The topological polar surface area (TPSA) is 76.2 Å². The Balaban J connectivity index is 2.06. The number of anilines is 1. The largest absolute Gasteiger partial charge is 0.497 e. The molecule has 6 nitrogen and oxygen atoms in total. The first-order valence-corrected chi connectivity index (χ1v) is 8.16. The van der Waals surface area contributed by atoms with Gasteiger partial charge in [0.25, 0.3) is 0 Å². The van der Waals surface area contributed by atoms with Gasteiger partial charge in [-0.1, -0.05) is 13.8 Å².